The van der Waals surface area contributed by atoms with Gasteiger partial charge in [-0.25, -0.2) is 0 Å². The van der Waals surface area contributed by atoms with Crippen molar-refractivity contribution in [3.05, 3.63) is 0 Å². The summed E-state index contributed by atoms with van der Waals surface area (Å²) in [6, 6.07) is 0. The standard InChI is InChI=1S/C12H23NO3/c1-4-5-10(3)12(16)13-8-9(2)6-7-11(14)15/h9-10H,4-8H2,1-3H3,(H,13,16)(H,14,15). The quantitative estimate of drug-likeness (QED) is 0.669. The van der Waals surface area contributed by atoms with Crippen LogP contribution in [0, 0.1) is 11.8 Å². The van der Waals surface area contributed by atoms with Crippen molar-refractivity contribution in [2.45, 2.75) is 46.5 Å². The van der Waals surface area contributed by atoms with Crippen LogP contribution in [0.25, 0.3) is 0 Å². The average molecular weight is 229 g/mol. The van der Waals surface area contributed by atoms with Gasteiger partial charge in [-0.2, -0.15) is 0 Å². The normalized spacial score (nSPS) is 14.2. The number of carboxylic acid groups (broad SMARTS) is 1. The maximum Gasteiger partial charge on any atom is 0.303 e. The fourth-order valence-electron chi connectivity index (χ4n) is 1.49. The molecule has 2 unspecified atom stereocenters. The van der Waals surface area contributed by atoms with Gasteiger partial charge in [0.1, 0.15) is 0 Å². The van der Waals surface area contributed by atoms with Crippen LogP contribution in [0.5, 0.6) is 0 Å². The molecule has 4 heteroatoms. The molecule has 0 bridgehead atoms. The molecule has 0 saturated carbocycles. The third-order valence-electron chi connectivity index (χ3n) is 2.65. The maximum atomic E-state index is 11.5. The SMILES string of the molecule is CCCC(C)C(=O)NCC(C)CCC(=O)O. The van der Waals surface area contributed by atoms with Crippen LogP contribution in [0.15, 0.2) is 0 Å². The molecule has 0 aliphatic rings. The van der Waals surface area contributed by atoms with Gasteiger partial charge in [-0.05, 0) is 18.8 Å². The van der Waals surface area contributed by atoms with Gasteiger partial charge in [0.05, 0.1) is 0 Å². The van der Waals surface area contributed by atoms with Crippen LogP contribution >= 0.6 is 0 Å². The van der Waals surface area contributed by atoms with Crippen LogP contribution in [-0.4, -0.2) is 23.5 Å². The van der Waals surface area contributed by atoms with E-state index in [4.69, 9.17) is 5.11 Å². The van der Waals surface area contributed by atoms with Gasteiger partial charge in [-0.15, -0.1) is 0 Å². The molecule has 2 atom stereocenters. The Hall–Kier alpha value is -1.06. The largest absolute Gasteiger partial charge is 0.481 e. The lowest BCUT2D eigenvalue weighted by Gasteiger charge is -2.14. The monoisotopic (exact) mass is 229 g/mol. The first kappa shape index (κ1) is 14.9. The van der Waals surface area contributed by atoms with Crippen molar-refractivity contribution in [2.75, 3.05) is 6.54 Å². The predicted octanol–water partition coefficient (Wildman–Crippen LogP) is 2.04. The molecule has 0 fully saturated rings. The number of hydrogen-bond donors (Lipinski definition) is 2. The zero-order chi connectivity index (χ0) is 12.6. The van der Waals surface area contributed by atoms with E-state index in [2.05, 4.69) is 12.2 Å². The molecule has 2 N–H and O–H groups in total. The molecule has 94 valence electrons. The number of amides is 1. The van der Waals surface area contributed by atoms with Crippen molar-refractivity contribution < 1.29 is 14.7 Å². The number of carboxylic acids is 1. The van der Waals surface area contributed by atoms with E-state index in [1.54, 1.807) is 0 Å². The van der Waals surface area contributed by atoms with E-state index in [9.17, 15) is 9.59 Å². The fraction of sp³-hybridized carbons (Fsp3) is 0.833. The van der Waals surface area contributed by atoms with Gasteiger partial charge >= 0.3 is 5.97 Å². The van der Waals surface area contributed by atoms with Crippen molar-refractivity contribution in [1.82, 2.24) is 5.32 Å². The van der Waals surface area contributed by atoms with Crippen molar-refractivity contribution in [1.29, 1.82) is 0 Å². The Balaban J connectivity index is 3.69. The average Bonchev–Trinajstić information content (AvgIpc) is 2.23. The Morgan fingerprint density at radius 3 is 2.38 bits per heavy atom. The summed E-state index contributed by atoms with van der Waals surface area (Å²) in [5, 5.41) is 11.4. The van der Waals surface area contributed by atoms with Gasteiger partial charge in [0.2, 0.25) is 5.91 Å². The molecule has 16 heavy (non-hydrogen) atoms. The molecule has 0 saturated heterocycles. The van der Waals surface area contributed by atoms with E-state index in [-0.39, 0.29) is 24.2 Å². The minimum Gasteiger partial charge on any atom is -0.481 e. The summed E-state index contributed by atoms with van der Waals surface area (Å²) in [4.78, 5) is 21.9. The summed E-state index contributed by atoms with van der Waals surface area (Å²) in [5.74, 6) is -0.438. The number of carbonyl (C=O) groups is 2. The molecule has 0 heterocycles. The fourth-order valence-corrected chi connectivity index (χ4v) is 1.49. The Bertz CT molecular complexity index is 228. The maximum absolute atomic E-state index is 11.5. The lowest BCUT2D eigenvalue weighted by atomic mass is 10.0. The highest BCUT2D eigenvalue weighted by atomic mass is 16.4. The van der Waals surface area contributed by atoms with Gasteiger partial charge < -0.3 is 10.4 Å². The van der Waals surface area contributed by atoms with Gasteiger partial charge in [0.15, 0.2) is 0 Å². The third kappa shape index (κ3) is 7.26. The summed E-state index contributed by atoms with van der Waals surface area (Å²) < 4.78 is 0. The molecular formula is C12H23NO3. The molecule has 0 spiro atoms. The zero-order valence-electron chi connectivity index (χ0n) is 10.5. The Labute approximate surface area is 97.4 Å². The van der Waals surface area contributed by atoms with Gasteiger partial charge in [-0.1, -0.05) is 27.2 Å². The number of rotatable bonds is 8. The van der Waals surface area contributed by atoms with Crippen molar-refractivity contribution >= 4 is 11.9 Å². The van der Waals surface area contributed by atoms with Crippen LogP contribution in [0.3, 0.4) is 0 Å². The minimum atomic E-state index is -0.780. The predicted molar refractivity (Wildman–Crippen MR) is 63.1 cm³/mol. The van der Waals surface area contributed by atoms with Gasteiger partial charge in [0.25, 0.3) is 0 Å². The molecular weight excluding hydrogens is 206 g/mol. The summed E-state index contributed by atoms with van der Waals surface area (Å²) in [7, 11) is 0. The van der Waals surface area contributed by atoms with E-state index in [1.165, 1.54) is 0 Å². The van der Waals surface area contributed by atoms with Crippen LogP contribution < -0.4 is 5.32 Å². The minimum absolute atomic E-state index is 0.0525. The first-order chi connectivity index (χ1) is 7.47. The highest BCUT2D eigenvalue weighted by Crippen LogP contribution is 2.07. The second-order valence-corrected chi connectivity index (χ2v) is 4.47. The molecule has 0 aromatic rings. The number of nitrogens with one attached hydrogen (secondary N) is 1. The molecule has 0 radical (unpaired) electrons. The second kappa shape index (κ2) is 8.13. The summed E-state index contributed by atoms with van der Waals surface area (Å²) in [6.07, 6.45) is 2.68. The first-order valence-corrected chi connectivity index (χ1v) is 5.96. The topological polar surface area (TPSA) is 66.4 Å². The van der Waals surface area contributed by atoms with E-state index < -0.39 is 5.97 Å². The lowest BCUT2D eigenvalue weighted by molar-refractivity contribution is -0.137. The highest BCUT2D eigenvalue weighted by molar-refractivity contribution is 5.78. The molecule has 1 amide bonds. The highest BCUT2D eigenvalue weighted by Gasteiger charge is 2.12. The molecule has 0 aromatic heterocycles. The smallest absolute Gasteiger partial charge is 0.303 e. The molecule has 0 aliphatic carbocycles. The molecule has 0 aliphatic heterocycles. The van der Waals surface area contributed by atoms with Gasteiger partial charge in [0, 0.05) is 18.9 Å². The van der Waals surface area contributed by atoms with E-state index in [1.807, 2.05) is 13.8 Å². The Morgan fingerprint density at radius 1 is 1.25 bits per heavy atom. The Morgan fingerprint density at radius 2 is 1.88 bits per heavy atom. The van der Waals surface area contributed by atoms with Crippen molar-refractivity contribution in [2.24, 2.45) is 11.8 Å². The summed E-state index contributed by atoms with van der Waals surface area (Å²) >= 11 is 0. The van der Waals surface area contributed by atoms with E-state index in [0.717, 1.165) is 12.8 Å². The second-order valence-electron chi connectivity index (χ2n) is 4.47. The van der Waals surface area contributed by atoms with Crippen LogP contribution in [0.2, 0.25) is 0 Å². The molecule has 0 aromatic carbocycles. The van der Waals surface area contributed by atoms with Crippen molar-refractivity contribution in [3.63, 3.8) is 0 Å². The summed E-state index contributed by atoms with van der Waals surface area (Å²) in [5.41, 5.74) is 0. The number of aliphatic carboxylic acids is 1. The number of hydrogen-bond acceptors (Lipinski definition) is 2. The molecule has 0 rings (SSSR count). The van der Waals surface area contributed by atoms with Crippen LogP contribution in [-0.2, 0) is 9.59 Å². The van der Waals surface area contributed by atoms with Crippen molar-refractivity contribution in [3.8, 4) is 0 Å². The summed E-state index contributed by atoms with van der Waals surface area (Å²) in [6.45, 7) is 6.49. The van der Waals surface area contributed by atoms with Crippen LogP contribution in [0.4, 0.5) is 0 Å². The zero-order valence-corrected chi connectivity index (χ0v) is 10.5. The van der Waals surface area contributed by atoms with Crippen LogP contribution in [0.1, 0.15) is 46.5 Å². The Kier molecular flexibility index (Phi) is 7.60. The lowest BCUT2D eigenvalue weighted by Crippen LogP contribution is -2.32. The molecule has 4 nitrogen and oxygen atoms in total. The van der Waals surface area contributed by atoms with Gasteiger partial charge in [-0.3, -0.25) is 9.59 Å². The van der Waals surface area contributed by atoms with E-state index >= 15 is 0 Å². The first-order valence-electron chi connectivity index (χ1n) is 5.96. The number of carbonyl (C=O) groups excluding carboxylic acids is 1. The van der Waals surface area contributed by atoms with E-state index in [0.29, 0.717) is 13.0 Å². The third-order valence-corrected chi connectivity index (χ3v) is 2.65.